The van der Waals surface area contributed by atoms with Gasteiger partial charge in [-0.2, -0.15) is 0 Å². The van der Waals surface area contributed by atoms with Gasteiger partial charge in [0, 0.05) is 0 Å². The molecule has 0 aliphatic heterocycles. The molecule has 0 rings (SSSR count). The van der Waals surface area contributed by atoms with Crippen LogP contribution in [0.25, 0.3) is 0 Å². The summed E-state index contributed by atoms with van der Waals surface area (Å²) in [6.07, 6.45) is 55.1. The van der Waals surface area contributed by atoms with Crippen molar-refractivity contribution in [2.75, 3.05) is 45.9 Å². The van der Waals surface area contributed by atoms with E-state index in [9.17, 15) is 0 Å². The third-order valence-corrected chi connectivity index (χ3v) is 20.1. The number of hydrogen-bond donors (Lipinski definition) is 0. The molecule has 0 bridgehead atoms. The van der Waals surface area contributed by atoms with E-state index in [-0.39, 0.29) is 0 Å². The molecular weight excluding hydrogens is 754 g/mol. The molecule has 0 spiro atoms. The van der Waals surface area contributed by atoms with Crippen LogP contribution in [0.5, 0.6) is 0 Å². The SMILES string of the molecule is CCCCCCCC[N](CCCCCCCC)[Ti]([O]CCCCCC)([N](CCCCCCCC)CCCCCCCC)[N](CCCCCCCC)CCCCCCCC. The molecular formula is C54H115N3OTi. The van der Waals surface area contributed by atoms with Crippen LogP contribution in [0, 0.1) is 0 Å². The first kappa shape index (κ1) is 59.6. The monoisotopic (exact) mass is 870 g/mol. The minimum atomic E-state index is -3.49. The van der Waals surface area contributed by atoms with Crippen molar-refractivity contribution in [1.29, 1.82) is 0 Å². The number of nitrogens with zero attached hydrogens (tertiary/aromatic N) is 3. The first-order valence-electron chi connectivity index (χ1n) is 28.0. The van der Waals surface area contributed by atoms with Gasteiger partial charge in [0.1, 0.15) is 0 Å². The van der Waals surface area contributed by atoms with E-state index in [1.807, 2.05) is 0 Å². The van der Waals surface area contributed by atoms with Gasteiger partial charge in [0.25, 0.3) is 0 Å². The summed E-state index contributed by atoms with van der Waals surface area (Å²) < 4.78 is 17.7. The molecule has 0 amide bonds. The molecule has 4 nitrogen and oxygen atoms in total. The van der Waals surface area contributed by atoms with Crippen LogP contribution in [-0.4, -0.2) is 56.0 Å². The third kappa shape index (κ3) is 33.7. The molecule has 0 saturated heterocycles. The zero-order valence-corrected chi connectivity index (χ0v) is 44.0. The Morgan fingerprint density at radius 2 is 0.390 bits per heavy atom. The summed E-state index contributed by atoms with van der Waals surface area (Å²) in [5.74, 6) is 0. The molecule has 0 unspecified atom stereocenters. The summed E-state index contributed by atoms with van der Waals surface area (Å²) in [4.78, 5) is 0. The van der Waals surface area contributed by atoms with Crippen LogP contribution in [-0.2, 0) is 21.1 Å². The second-order valence-electron chi connectivity index (χ2n) is 19.1. The van der Waals surface area contributed by atoms with Gasteiger partial charge in [0.2, 0.25) is 0 Å². The van der Waals surface area contributed by atoms with Gasteiger partial charge < -0.3 is 0 Å². The number of unbranched alkanes of at least 4 members (excludes halogenated alkanes) is 33. The molecule has 0 aromatic rings. The summed E-state index contributed by atoms with van der Waals surface area (Å²) in [5, 5.41) is 0. The van der Waals surface area contributed by atoms with E-state index in [0.717, 1.165) is 6.61 Å². The van der Waals surface area contributed by atoms with Gasteiger partial charge in [0.05, 0.1) is 0 Å². The van der Waals surface area contributed by atoms with Crippen molar-refractivity contribution in [3.63, 3.8) is 0 Å². The normalized spacial score (nSPS) is 12.3. The van der Waals surface area contributed by atoms with Gasteiger partial charge >= 0.3 is 382 Å². The van der Waals surface area contributed by atoms with E-state index in [4.69, 9.17) is 3.32 Å². The standard InChI is InChI=1S/3C16H34N.C6H13O.Ti/c3*1-3-5-7-9-11-13-15-17-16-14-12-10-8-6-4-2;1-2-3-4-5-6-7;/h3*3-16H2,1-2H3;2-6H2,1H3;/q4*-1;+4. The first-order chi connectivity index (χ1) is 29.1. The van der Waals surface area contributed by atoms with Gasteiger partial charge in [-0.1, -0.05) is 0 Å². The van der Waals surface area contributed by atoms with E-state index < -0.39 is 17.7 Å². The van der Waals surface area contributed by atoms with Crippen molar-refractivity contribution in [1.82, 2.24) is 10.1 Å². The Kier molecular flexibility index (Phi) is 48.5. The molecule has 0 radical (unpaired) electrons. The van der Waals surface area contributed by atoms with Crippen molar-refractivity contribution in [2.45, 2.75) is 305 Å². The molecule has 59 heavy (non-hydrogen) atoms. The molecule has 0 heterocycles. The maximum absolute atomic E-state index is 8.10. The van der Waals surface area contributed by atoms with E-state index in [0.29, 0.717) is 0 Å². The summed E-state index contributed by atoms with van der Waals surface area (Å²) in [5.41, 5.74) is 0. The molecule has 0 aliphatic rings. The molecule has 0 aromatic heterocycles. The summed E-state index contributed by atoms with van der Waals surface area (Å²) in [6.45, 7) is 25.2. The maximum atomic E-state index is 8.10. The summed E-state index contributed by atoms with van der Waals surface area (Å²) >= 11 is -3.49. The van der Waals surface area contributed by atoms with Crippen molar-refractivity contribution in [3.05, 3.63) is 0 Å². The van der Waals surface area contributed by atoms with Crippen LogP contribution in [0.15, 0.2) is 0 Å². The van der Waals surface area contributed by atoms with Crippen LogP contribution in [0.3, 0.4) is 0 Å². The molecule has 0 aliphatic carbocycles. The van der Waals surface area contributed by atoms with Gasteiger partial charge in [-0.15, -0.1) is 0 Å². The van der Waals surface area contributed by atoms with Crippen LogP contribution in [0.1, 0.15) is 305 Å². The fourth-order valence-electron chi connectivity index (χ4n) is 9.32. The molecule has 0 aromatic carbocycles. The van der Waals surface area contributed by atoms with Gasteiger partial charge in [-0.25, -0.2) is 0 Å². The average Bonchev–Trinajstić information content (AvgIpc) is 3.24. The quantitative estimate of drug-likeness (QED) is 0.0448. The Morgan fingerprint density at radius 3 is 0.593 bits per heavy atom. The average molecular weight is 870 g/mol. The Bertz CT molecular complexity index is 646. The second kappa shape index (κ2) is 48.0. The third-order valence-electron chi connectivity index (χ3n) is 13.2. The fourth-order valence-corrected chi connectivity index (χ4v) is 16.9. The van der Waals surface area contributed by atoms with Gasteiger partial charge in [-0.3, -0.25) is 0 Å². The van der Waals surface area contributed by atoms with Crippen LogP contribution < -0.4 is 0 Å². The Morgan fingerprint density at radius 1 is 0.220 bits per heavy atom. The predicted molar refractivity (Wildman–Crippen MR) is 265 cm³/mol. The number of hydrogen-bond acceptors (Lipinski definition) is 4. The van der Waals surface area contributed by atoms with Gasteiger partial charge in [-0.05, 0) is 0 Å². The van der Waals surface area contributed by atoms with Gasteiger partial charge in [0.15, 0.2) is 0 Å². The van der Waals surface area contributed by atoms with Crippen LogP contribution >= 0.6 is 0 Å². The molecule has 0 fully saturated rings. The van der Waals surface area contributed by atoms with Crippen molar-refractivity contribution in [3.8, 4) is 0 Å². The Balaban J connectivity index is 7.25. The molecule has 5 heteroatoms. The summed E-state index contributed by atoms with van der Waals surface area (Å²) in [7, 11) is 0. The topological polar surface area (TPSA) is 19.0 Å². The van der Waals surface area contributed by atoms with E-state index in [2.05, 4.69) is 58.6 Å². The molecule has 0 atom stereocenters. The van der Waals surface area contributed by atoms with E-state index in [1.54, 1.807) is 0 Å². The van der Waals surface area contributed by atoms with Crippen molar-refractivity contribution >= 4 is 0 Å². The van der Waals surface area contributed by atoms with Crippen LogP contribution in [0.4, 0.5) is 0 Å². The molecule has 356 valence electrons. The summed E-state index contributed by atoms with van der Waals surface area (Å²) in [6, 6.07) is 0. The number of rotatable bonds is 51. The molecule has 0 N–H and O–H groups in total. The molecule has 0 saturated carbocycles. The zero-order chi connectivity index (χ0) is 43.2. The van der Waals surface area contributed by atoms with Crippen molar-refractivity contribution < 1.29 is 21.1 Å². The first-order valence-corrected chi connectivity index (χ1v) is 30.7. The Labute approximate surface area is 380 Å². The predicted octanol–water partition coefficient (Wildman–Crippen LogP) is 18.5. The van der Waals surface area contributed by atoms with Crippen LogP contribution in [0.2, 0.25) is 0 Å². The van der Waals surface area contributed by atoms with Crippen molar-refractivity contribution in [2.24, 2.45) is 0 Å². The van der Waals surface area contributed by atoms with E-state index in [1.165, 1.54) is 296 Å². The fraction of sp³-hybridized carbons (Fsp3) is 1.00. The zero-order valence-electron chi connectivity index (χ0n) is 42.5. The second-order valence-corrected chi connectivity index (χ2v) is 24.3. The Hall–Kier alpha value is 0.554. The van der Waals surface area contributed by atoms with E-state index >= 15 is 0 Å². The minimum absolute atomic E-state index is 0.983.